The Hall–Kier alpha value is -2.81. The second kappa shape index (κ2) is 5.19. The van der Waals surface area contributed by atoms with Gasteiger partial charge in [-0.3, -0.25) is 20.2 Å². The van der Waals surface area contributed by atoms with Crippen molar-refractivity contribution in [2.24, 2.45) is 0 Å². The first-order valence-electron chi connectivity index (χ1n) is 6.10. The number of hydrogen-bond acceptors (Lipinski definition) is 7. The first kappa shape index (κ1) is 14.1. The van der Waals surface area contributed by atoms with Crippen LogP contribution in [-0.4, -0.2) is 17.0 Å². The number of nitro benzene ring substituents is 2. The molecule has 9 heteroatoms. The van der Waals surface area contributed by atoms with E-state index < -0.39 is 9.85 Å². The van der Waals surface area contributed by atoms with E-state index in [-0.39, 0.29) is 17.1 Å². The van der Waals surface area contributed by atoms with E-state index in [2.05, 4.69) is 5.32 Å². The Bertz CT molecular complexity index is 809. The maximum atomic E-state index is 11.2. The number of methoxy groups -OCH3 is 1. The number of ether oxygens (including phenoxy) is 1. The molecule has 0 radical (unpaired) electrons. The molecule has 0 atom stereocenters. The average Bonchev–Trinajstić information content (AvgIpc) is 2.50. The third-order valence-electron chi connectivity index (χ3n) is 3.15. The zero-order chi connectivity index (χ0) is 15.9. The van der Waals surface area contributed by atoms with Crippen LogP contribution in [0.2, 0.25) is 0 Å². The molecule has 22 heavy (non-hydrogen) atoms. The maximum absolute atomic E-state index is 11.2. The second-order valence-corrected chi connectivity index (χ2v) is 5.50. The molecule has 0 unspecified atom stereocenters. The number of benzene rings is 2. The Labute approximate surface area is 128 Å². The van der Waals surface area contributed by atoms with E-state index in [1.54, 1.807) is 12.1 Å². The molecule has 2 aromatic carbocycles. The van der Waals surface area contributed by atoms with E-state index in [1.807, 2.05) is 6.07 Å². The molecule has 1 aliphatic rings. The van der Waals surface area contributed by atoms with Crippen LogP contribution in [0.25, 0.3) is 0 Å². The van der Waals surface area contributed by atoms with E-state index in [9.17, 15) is 20.2 Å². The summed E-state index contributed by atoms with van der Waals surface area (Å²) >= 11 is 1.22. The first-order chi connectivity index (χ1) is 10.5. The van der Waals surface area contributed by atoms with Gasteiger partial charge in [0.15, 0.2) is 0 Å². The van der Waals surface area contributed by atoms with E-state index in [4.69, 9.17) is 4.74 Å². The Balaban J connectivity index is 2.19. The van der Waals surface area contributed by atoms with Crippen molar-refractivity contribution in [3.8, 4) is 5.75 Å². The second-order valence-electron chi connectivity index (χ2n) is 4.41. The van der Waals surface area contributed by atoms with Crippen molar-refractivity contribution >= 4 is 34.5 Å². The molecule has 1 heterocycles. The van der Waals surface area contributed by atoms with Crippen molar-refractivity contribution in [3.63, 3.8) is 0 Å². The molecule has 0 bridgehead atoms. The smallest absolute Gasteiger partial charge is 0.300 e. The molecule has 0 saturated heterocycles. The molecule has 0 spiro atoms. The molecular weight excluding hydrogens is 310 g/mol. The zero-order valence-electron chi connectivity index (χ0n) is 11.2. The highest BCUT2D eigenvalue weighted by molar-refractivity contribution is 7.99. The third kappa shape index (κ3) is 2.21. The van der Waals surface area contributed by atoms with Gasteiger partial charge in [0.2, 0.25) is 0 Å². The summed E-state index contributed by atoms with van der Waals surface area (Å²) in [6, 6.07) is 7.59. The molecule has 0 amide bonds. The van der Waals surface area contributed by atoms with Crippen molar-refractivity contribution in [2.75, 3.05) is 12.4 Å². The number of hydrogen-bond donors (Lipinski definition) is 1. The van der Waals surface area contributed by atoms with Crippen LogP contribution in [0.3, 0.4) is 0 Å². The fourth-order valence-corrected chi connectivity index (χ4v) is 3.25. The van der Waals surface area contributed by atoms with Crippen LogP contribution in [0, 0.1) is 20.2 Å². The Morgan fingerprint density at radius 2 is 1.86 bits per heavy atom. The number of rotatable bonds is 3. The number of nitrogens with one attached hydrogen (secondary N) is 1. The molecule has 1 aliphatic heterocycles. The van der Waals surface area contributed by atoms with Crippen LogP contribution in [0.1, 0.15) is 0 Å². The van der Waals surface area contributed by atoms with Gasteiger partial charge in [0.25, 0.3) is 5.69 Å². The minimum absolute atomic E-state index is 0.234. The van der Waals surface area contributed by atoms with Gasteiger partial charge >= 0.3 is 5.69 Å². The molecule has 8 nitrogen and oxygen atoms in total. The molecule has 2 aromatic rings. The van der Waals surface area contributed by atoms with Gasteiger partial charge in [-0.1, -0.05) is 17.8 Å². The minimum Gasteiger partial charge on any atom is -0.495 e. The van der Waals surface area contributed by atoms with Gasteiger partial charge in [0.1, 0.15) is 11.4 Å². The van der Waals surface area contributed by atoms with Gasteiger partial charge in [-0.25, -0.2) is 0 Å². The number of non-ortho nitro benzene ring substituents is 1. The molecular formula is C13H9N3O5S. The van der Waals surface area contributed by atoms with Crippen molar-refractivity contribution in [2.45, 2.75) is 9.79 Å². The van der Waals surface area contributed by atoms with E-state index in [0.717, 1.165) is 11.0 Å². The quantitative estimate of drug-likeness (QED) is 0.579. The monoisotopic (exact) mass is 319 g/mol. The van der Waals surface area contributed by atoms with Crippen molar-refractivity contribution < 1.29 is 14.6 Å². The summed E-state index contributed by atoms with van der Waals surface area (Å²) in [5, 5.41) is 25.1. The van der Waals surface area contributed by atoms with Gasteiger partial charge in [-0.15, -0.1) is 0 Å². The summed E-state index contributed by atoms with van der Waals surface area (Å²) in [6.07, 6.45) is 0. The highest BCUT2D eigenvalue weighted by atomic mass is 32.2. The standard InChI is InChI=1S/C13H9N3O5S/c1-21-9-3-2-4-10-13(9)14-12-8(16(19)20)5-7(15(17)18)6-11(12)22-10/h2-6,14H,1H3. The lowest BCUT2D eigenvalue weighted by molar-refractivity contribution is -0.393. The summed E-state index contributed by atoms with van der Waals surface area (Å²) in [6.45, 7) is 0. The molecule has 112 valence electrons. The summed E-state index contributed by atoms with van der Waals surface area (Å²) in [5.41, 5.74) is 0.191. The highest BCUT2D eigenvalue weighted by Crippen LogP contribution is 2.51. The highest BCUT2D eigenvalue weighted by Gasteiger charge is 2.29. The fraction of sp³-hybridized carbons (Fsp3) is 0.0769. The SMILES string of the molecule is COc1cccc2c1Nc1c(cc([N+](=O)[O-])cc1[N+](=O)[O-])S2. The lowest BCUT2D eigenvalue weighted by Gasteiger charge is -2.22. The summed E-state index contributed by atoms with van der Waals surface area (Å²) < 4.78 is 5.24. The van der Waals surface area contributed by atoms with E-state index in [0.29, 0.717) is 16.3 Å². The Morgan fingerprint density at radius 1 is 1.09 bits per heavy atom. The number of nitro groups is 2. The fourth-order valence-electron chi connectivity index (χ4n) is 2.17. The number of nitrogens with zero attached hydrogens (tertiary/aromatic N) is 2. The lowest BCUT2D eigenvalue weighted by Crippen LogP contribution is -2.06. The normalized spacial score (nSPS) is 11.9. The third-order valence-corrected chi connectivity index (χ3v) is 4.25. The molecule has 0 aliphatic carbocycles. The van der Waals surface area contributed by atoms with E-state index in [1.165, 1.54) is 24.9 Å². The first-order valence-corrected chi connectivity index (χ1v) is 6.91. The number of fused-ring (bicyclic) bond motifs is 2. The van der Waals surface area contributed by atoms with Crippen molar-refractivity contribution in [1.29, 1.82) is 0 Å². The number of anilines is 2. The summed E-state index contributed by atoms with van der Waals surface area (Å²) in [7, 11) is 1.50. The largest absolute Gasteiger partial charge is 0.495 e. The zero-order valence-corrected chi connectivity index (χ0v) is 12.0. The van der Waals surface area contributed by atoms with Gasteiger partial charge in [-0.2, -0.15) is 0 Å². The average molecular weight is 319 g/mol. The van der Waals surface area contributed by atoms with Gasteiger partial charge < -0.3 is 10.1 Å². The minimum atomic E-state index is -0.644. The predicted octanol–water partition coefficient (Wildman–Crippen LogP) is 3.72. The molecule has 1 N–H and O–H groups in total. The number of para-hydroxylation sites is 1. The van der Waals surface area contributed by atoms with Crippen LogP contribution < -0.4 is 10.1 Å². The molecule has 0 fully saturated rings. The molecule has 0 aromatic heterocycles. The van der Waals surface area contributed by atoms with Gasteiger partial charge in [0.05, 0.1) is 28.7 Å². The molecule has 0 saturated carbocycles. The summed E-state index contributed by atoms with van der Waals surface area (Å²) in [5.74, 6) is 0.545. The lowest BCUT2D eigenvalue weighted by atomic mass is 10.2. The predicted molar refractivity (Wildman–Crippen MR) is 80.2 cm³/mol. The van der Waals surface area contributed by atoms with Crippen LogP contribution in [0.4, 0.5) is 22.7 Å². The van der Waals surface area contributed by atoms with Crippen LogP contribution in [0.5, 0.6) is 5.75 Å². The van der Waals surface area contributed by atoms with Crippen LogP contribution in [0.15, 0.2) is 40.1 Å². The van der Waals surface area contributed by atoms with Crippen molar-refractivity contribution in [3.05, 3.63) is 50.6 Å². The maximum Gasteiger partial charge on any atom is 0.300 e. The topological polar surface area (TPSA) is 108 Å². The van der Waals surface area contributed by atoms with Crippen molar-refractivity contribution in [1.82, 2.24) is 0 Å². The Kier molecular flexibility index (Phi) is 3.33. The molecule has 3 rings (SSSR count). The Morgan fingerprint density at radius 3 is 2.50 bits per heavy atom. The van der Waals surface area contributed by atoms with Gasteiger partial charge in [-0.05, 0) is 12.1 Å². The van der Waals surface area contributed by atoms with E-state index >= 15 is 0 Å². The van der Waals surface area contributed by atoms with Crippen LogP contribution >= 0.6 is 11.8 Å². The van der Waals surface area contributed by atoms with Gasteiger partial charge in [0, 0.05) is 15.9 Å². The summed E-state index contributed by atoms with van der Waals surface area (Å²) in [4.78, 5) is 22.1. The van der Waals surface area contributed by atoms with Crippen LogP contribution in [-0.2, 0) is 0 Å².